The number of amides is 1. The Kier molecular flexibility index (Phi) is 4.82. The lowest BCUT2D eigenvalue weighted by atomic mass is 9.77. The molecule has 1 aromatic carbocycles. The van der Waals surface area contributed by atoms with Crippen LogP contribution in [0, 0.1) is 5.41 Å². The van der Waals surface area contributed by atoms with Gasteiger partial charge in [0.2, 0.25) is 0 Å². The highest BCUT2D eigenvalue weighted by Gasteiger charge is 2.58. The maximum atomic E-state index is 14.0. The first-order valence-electron chi connectivity index (χ1n) is 11.0. The minimum atomic E-state index is -1.51. The highest BCUT2D eigenvalue weighted by molar-refractivity contribution is 6.30. The molecule has 158 valence electrons. The first-order valence-corrected chi connectivity index (χ1v) is 11.4. The molecule has 0 bridgehead atoms. The normalized spacial score (nSPS) is 28.4. The van der Waals surface area contributed by atoms with Gasteiger partial charge in [0.05, 0.1) is 7.11 Å². The van der Waals surface area contributed by atoms with Gasteiger partial charge in [0, 0.05) is 29.6 Å². The standard InChI is InChI=1S/C23H30ClFN2O2/c1-29-20-3-2-17(24)12-19(20)16-5-10-26(11-6-16)18-4-7-22(13-18)14-27(15-22)21(28)23(25)8-9-23/h2-3,12,16,18H,4-11,13-15H2,1H3/t18-/m1/s1. The van der Waals surface area contributed by atoms with Crippen LogP contribution >= 0.6 is 11.6 Å². The molecule has 1 aromatic rings. The molecular formula is C23H30ClFN2O2. The van der Waals surface area contributed by atoms with Gasteiger partial charge in [0.1, 0.15) is 5.75 Å². The summed E-state index contributed by atoms with van der Waals surface area (Å²) in [6, 6.07) is 6.52. The van der Waals surface area contributed by atoms with E-state index >= 15 is 0 Å². The number of benzene rings is 1. The number of piperidine rings is 1. The van der Waals surface area contributed by atoms with Crippen LogP contribution in [0.15, 0.2) is 18.2 Å². The molecule has 0 N–H and O–H groups in total. The minimum absolute atomic E-state index is 0.247. The summed E-state index contributed by atoms with van der Waals surface area (Å²) in [4.78, 5) is 16.6. The zero-order valence-corrected chi connectivity index (χ0v) is 17.9. The molecule has 0 unspecified atom stereocenters. The number of ether oxygens (including phenoxy) is 1. The van der Waals surface area contributed by atoms with E-state index in [0.717, 1.165) is 56.2 Å². The Morgan fingerprint density at radius 1 is 1.17 bits per heavy atom. The molecule has 1 spiro atoms. The third-order valence-electron chi connectivity index (χ3n) is 7.77. The van der Waals surface area contributed by atoms with Crippen molar-refractivity contribution in [3.63, 3.8) is 0 Å². The fraction of sp³-hybridized carbons (Fsp3) is 0.696. The van der Waals surface area contributed by atoms with Crippen molar-refractivity contribution < 1.29 is 13.9 Å². The lowest BCUT2D eigenvalue weighted by molar-refractivity contribution is -0.150. The fourth-order valence-electron chi connectivity index (χ4n) is 5.89. The summed E-state index contributed by atoms with van der Waals surface area (Å²) in [5.41, 5.74) is -0.0301. The Balaban J connectivity index is 1.15. The molecule has 2 saturated carbocycles. The third-order valence-corrected chi connectivity index (χ3v) is 8.00. The maximum absolute atomic E-state index is 14.0. The summed E-state index contributed by atoms with van der Waals surface area (Å²) >= 11 is 6.23. The molecule has 2 aliphatic carbocycles. The predicted molar refractivity (Wildman–Crippen MR) is 111 cm³/mol. The van der Waals surface area contributed by atoms with Gasteiger partial charge in [-0.05, 0) is 87.7 Å². The van der Waals surface area contributed by atoms with Crippen molar-refractivity contribution >= 4 is 17.5 Å². The van der Waals surface area contributed by atoms with Crippen molar-refractivity contribution in [1.82, 2.24) is 9.80 Å². The minimum Gasteiger partial charge on any atom is -0.496 e. The smallest absolute Gasteiger partial charge is 0.260 e. The van der Waals surface area contributed by atoms with E-state index in [-0.39, 0.29) is 11.3 Å². The SMILES string of the molecule is COc1ccc(Cl)cc1C1CCN([C@@H]2CCC3(C2)CN(C(=O)C2(F)CC2)C3)CC1. The van der Waals surface area contributed by atoms with E-state index in [1.54, 1.807) is 12.0 Å². The maximum Gasteiger partial charge on any atom is 0.260 e. The van der Waals surface area contributed by atoms with E-state index in [2.05, 4.69) is 11.0 Å². The van der Waals surface area contributed by atoms with Crippen molar-refractivity contribution in [2.75, 3.05) is 33.3 Å². The first-order chi connectivity index (χ1) is 13.9. The molecule has 2 saturated heterocycles. The van der Waals surface area contributed by atoms with Gasteiger partial charge in [-0.1, -0.05) is 11.6 Å². The summed E-state index contributed by atoms with van der Waals surface area (Å²) in [5.74, 6) is 1.18. The van der Waals surface area contributed by atoms with E-state index in [0.29, 0.717) is 24.8 Å². The molecule has 29 heavy (non-hydrogen) atoms. The number of hydrogen-bond donors (Lipinski definition) is 0. The second-order valence-electron chi connectivity index (χ2n) is 9.72. The summed E-state index contributed by atoms with van der Waals surface area (Å²) in [5, 5.41) is 0.770. The number of likely N-dealkylation sites (tertiary alicyclic amines) is 2. The van der Waals surface area contributed by atoms with E-state index in [1.807, 2.05) is 12.1 Å². The average Bonchev–Trinajstić information content (AvgIpc) is 3.30. The summed E-state index contributed by atoms with van der Waals surface area (Å²) in [6.45, 7) is 3.73. The largest absolute Gasteiger partial charge is 0.496 e. The Hall–Kier alpha value is -1.33. The zero-order valence-electron chi connectivity index (χ0n) is 17.1. The molecule has 0 radical (unpaired) electrons. The molecule has 5 rings (SSSR count). The number of carbonyl (C=O) groups is 1. The number of nitrogens with zero attached hydrogens (tertiary/aromatic N) is 2. The van der Waals surface area contributed by atoms with Crippen molar-refractivity contribution in [3.05, 3.63) is 28.8 Å². The van der Waals surface area contributed by atoms with E-state index in [1.165, 1.54) is 18.4 Å². The van der Waals surface area contributed by atoms with Crippen LogP contribution in [-0.2, 0) is 4.79 Å². The molecule has 1 atom stereocenters. The number of methoxy groups -OCH3 is 1. The second-order valence-corrected chi connectivity index (χ2v) is 10.2. The fourth-order valence-corrected chi connectivity index (χ4v) is 6.07. The van der Waals surface area contributed by atoms with Gasteiger partial charge in [-0.15, -0.1) is 0 Å². The van der Waals surface area contributed by atoms with Crippen LogP contribution in [0.2, 0.25) is 5.02 Å². The quantitative estimate of drug-likeness (QED) is 0.723. The topological polar surface area (TPSA) is 32.8 Å². The van der Waals surface area contributed by atoms with E-state index in [4.69, 9.17) is 16.3 Å². The Morgan fingerprint density at radius 2 is 1.90 bits per heavy atom. The molecule has 2 heterocycles. The van der Waals surface area contributed by atoms with Gasteiger partial charge in [0.15, 0.2) is 5.67 Å². The molecule has 4 nitrogen and oxygen atoms in total. The molecular weight excluding hydrogens is 391 g/mol. The van der Waals surface area contributed by atoms with E-state index < -0.39 is 5.67 Å². The highest BCUT2D eigenvalue weighted by Crippen LogP contribution is 2.51. The van der Waals surface area contributed by atoms with Crippen LogP contribution in [-0.4, -0.2) is 60.7 Å². The van der Waals surface area contributed by atoms with Gasteiger partial charge < -0.3 is 14.5 Å². The molecule has 6 heteroatoms. The summed E-state index contributed by atoms with van der Waals surface area (Å²) < 4.78 is 19.6. The predicted octanol–water partition coefficient (Wildman–Crippen LogP) is 4.41. The Labute approximate surface area is 177 Å². The number of carbonyl (C=O) groups excluding carboxylic acids is 1. The molecule has 2 aliphatic heterocycles. The summed E-state index contributed by atoms with van der Waals surface area (Å²) in [7, 11) is 1.72. The van der Waals surface area contributed by atoms with Crippen molar-refractivity contribution in [2.45, 2.75) is 62.6 Å². The third kappa shape index (κ3) is 3.54. The van der Waals surface area contributed by atoms with Crippen LogP contribution in [0.3, 0.4) is 0 Å². The number of hydrogen-bond acceptors (Lipinski definition) is 3. The van der Waals surface area contributed by atoms with Gasteiger partial charge in [-0.25, -0.2) is 4.39 Å². The Bertz CT molecular complexity index is 798. The molecule has 1 amide bonds. The lowest BCUT2D eigenvalue weighted by Crippen LogP contribution is -2.60. The second kappa shape index (κ2) is 7.12. The Morgan fingerprint density at radius 3 is 2.55 bits per heavy atom. The highest BCUT2D eigenvalue weighted by atomic mass is 35.5. The monoisotopic (exact) mass is 420 g/mol. The van der Waals surface area contributed by atoms with Crippen molar-refractivity contribution in [1.29, 1.82) is 0 Å². The molecule has 0 aromatic heterocycles. The molecule has 4 aliphatic rings. The number of halogens is 2. The van der Waals surface area contributed by atoms with Crippen LogP contribution in [0.1, 0.15) is 56.4 Å². The summed E-state index contributed by atoms with van der Waals surface area (Å²) in [6.07, 6.45) is 6.61. The lowest BCUT2D eigenvalue weighted by Gasteiger charge is -2.49. The van der Waals surface area contributed by atoms with Crippen LogP contribution < -0.4 is 4.74 Å². The van der Waals surface area contributed by atoms with Gasteiger partial charge in [-0.3, -0.25) is 4.79 Å². The molecule has 4 fully saturated rings. The number of alkyl halides is 1. The van der Waals surface area contributed by atoms with Gasteiger partial charge in [0.25, 0.3) is 5.91 Å². The number of rotatable bonds is 4. The van der Waals surface area contributed by atoms with Crippen molar-refractivity contribution in [2.24, 2.45) is 5.41 Å². The van der Waals surface area contributed by atoms with Gasteiger partial charge >= 0.3 is 0 Å². The van der Waals surface area contributed by atoms with Gasteiger partial charge in [-0.2, -0.15) is 0 Å². The van der Waals surface area contributed by atoms with Crippen LogP contribution in [0.5, 0.6) is 5.75 Å². The van der Waals surface area contributed by atoms with E-state index in [9.17, 15) is 9.18 Å². The zero-order chi connectivity index (χ0) is 20.2. The first kappa shape index (κ1) is 19.6. The van der Waals surface area contributed by atoms with Crippen molar-refractivity contribution in [3.8, 4) is 5.75 Å². The van der Waals surface area contributed by atoms with Crippen LogP contribution in [0.4, 0.5) is 4.39 Å². The van der Waals surface area contributed by atoms with Crippen LogP contribution in [0.25, 0.3) is 0 Å². The average molecular weight is 421 g/mol.